The maximum atomic E-state index is 10.1. The highest BCUT2D eigenvalue weighted by molar-refractivity contribution is 8.15. The van der Waals surface area contributed by atoms with Crippen molar-refractivity contribution in [2.45, 2.75) is 50.8 Å². The van der Waals surface area contributed by atoms with Crippen molar-refractivity contribution in [3.05, 3.63) is 60.2 Å². The molecule has 1 aliphatic heterocycles. The molecular weight excluding hydrogens is 392 g/mol. The van der Waals surface area contributed by atoms with Crippen LogP contribution in [0.15, 0.2) is 59.6 Å². The van der Waals surface area contributed by atoms with Gasteiger partial charge in [0.2, 0.25) is 5.88 Å². The quantitative estimate of drug-likeness (QED) is 0.523. The lowest BCUT2D eigenvalue weighted by Crippen LogP contribution is -2.21. The summed E-state index contributed by atoms with van der Waals surface area (Å²) in [5, 5.41) is 12.7. The zero-order valence-electron chi connectivity index (χ0n) is 17.3. The Morgan fingerprint density at radius 3 is 2.87 bits per heavy atom. The summed E-state index contributed by atoms with van der Waals surface area (Å²) in [5.74, 6) is 1.35. The molecule has 30 heavy (non-hydrogen) atoms. The van der Waals surface area contributed by atoms with Gasteiger partial charge in [0.05, 0.1) is 11.1 Å². The van der Waals surface area contributed by atoms with E-state index in [1.165, 1.54) is 19.3 Å². The number of fused-ring (bicyclic) bond motifs is 2. The van der Waals surface area contributed by atoms with Gasteiger partial charge in [-0.05, 0) is 48.9 Å². The topological polar surface area (TPSA) is 54.7 Å². The number of aliphatic imine (C=N–C) groups is 1. The van der Waals surface area contributed by atoms with E-state index >= 15 is 0 Å². The van der Waals surface area contributed by atoms with Gasteiger partial charge in [0.1, 0.15) is 17.0 Å². The molecule has 2 heterocycles. The van der Waals surface area contributed by atoms with Gasteiger partial charge in [0.25, 0.3) is 0 Å². The van der Waals surface area contributed by atoms with E-state index in [2.05, 4.69) is 24.9 Å². The lowest BCUT2D eigenvalue weighted by molar-refractivity contribution is 0.301. The Morgan fingerprint density at radius 1 is 1.10 bits per heavy atom. The minimum Gasteiger partial charge on any atom is -0.506 e. The highest BCUT2D eigenvalue weighted by atomic mass is 32.2. The Kier molecular flexibility index (Phi) is 4.94. The number of aromatic nitrogens is 1. The van der Waals surface area contributed by atoms with E-state index in [-0.39, 0.29) is 5.75 Å². The lowest BCUT2D eigenvalue weighted by atomic mass is 9.84. The van der Waals surface area contributed by atoms with Crippen molar-refractivity contribution in [2.24, 2.45) is 10.4 Å². The first-order valence-corrected chi connectivity index (χ1v) is 11.5. The van der Waals surface area contributed by atoms with Crippen molar-refractivity contribution < 1.29 is 9.84 Å². The predicted molar refractivity (Wildman–Crippen MR) is 124 cm³/mol. The fourth-order valence-corrected chi connectivity index (χ4v) is 5.84. The van der Waals surface area contributed by atoms with E-state index in [4.69, 9.17) is 9.73 Å². The van der Waals surface area contributed by atoms with Crippen LogP contribution in [0.4, 0.5) is 0 Å². The fourth-order valence-electron chi connectivity index (χ4n) is 4.49. The molecule has 1 aromatic heterocycles. The third kappa shape index (κ3) is 3.91. The molecule has 2 aromatic carbocycles. The third-order valence-electron chi connectivity index (χ3n) is 6.06. The van der Waals surface area contributed by atoms with Crippen molar-refractivity contribution in [3.63, 3.8) is 0 Å². The number of aromatic hydroxyl groups is 1. The second-order valence-electron chi connectivity index (χ2n) is 9.05. The van der Waals surface area contributed by atoms with Crippen molar-refractivity contribution >= 4 is 27.7 Å². The van der Waals surface area contributed by atoms with Crippen molar-refractivity contribution in [3.8, 4) is 17.4 Å². The number of benzene rings is 2. The molecule has 154 valence electrons. The molecule has 1 fully saturated rings. The van der Waals surface area contributed by atoms with Crippen LogP contribution in [0.2, 0.25) is 0 Å². The Morgan fingerprint density at radius 2 is 1.97 bits per heavy atom. The van der Waals surface area contributed by atoms with Crippen LogP contribution in [0.1, 0.15) is 45.1 Å². The highest BCUT2D eigenvalue weighted by Gasteiger charge is 2.37. The molecular formula is C25H26N2O2S. The van der Waals surface area contributed by atoms with E-state index < -0.39 is 0 Å². The molecule has 0 unspecified atom stereocenters. The summed E-state index contributed by atoms with van der Waals surface area (Å²) in [4.78, 5) is 9.59. The normalized spacial score (nSPS) is 22.9. The smallest absolute Gasteiger partial charge is 0.219 e. The van der Waals surface area contributed by atoms with E-state index in [1.807, 2.05) is 54.2 Å². The van der Waals surface area contributed by atoms with E-state index in [0.717, 1.165) is 28.2 Å². The van der Waals surface area contributed by atoms with Gasteiger partial charge in [-0.1, -0.05) is 44.5 Å². The van der Waals surface area contributed by atoms with Crippen molar-refractivity contribution in [2.75, 3.05) is 0 Å². The Labute approximate surface area is 181 Å². The molecule has 3 aromatic rings. The van der Waals surface area contributed by atoms with Crippen LogP contribution in [0.25, 0.3) is 10.9 Å². The van der Waals surface area contributed by atoms with Gasteiger partial charge >= 0.3 is 0 Å². The number of nitrogens with zero attached hydrogens (tertiary/aromatic N) is 2. The minimum absolute atomic E-state index is 0.157. The number of thioether (sulfide) groups is 1. The summed E-state index contributed by atoms with van der Waals surface area (Å²) in [7, 11) is 0. The van der Waals surface area contributed by atoms with Gasteiger partial charge in [-0.25, -0.2) is 4.98 Å². The van der Waals surface area contributed by atoms with Crippen LogP contribution in [0.5, 0.6) is 17.4 Å². The number of hydrogen-bond donors (Lipinski definition) is 1. The first-order chi connectivity index (χ1) is 14.5. The van der Waals surface area contributed by atoms with Crippen LogP contribution in [-0.4, -0.2) is 26.4 Å². The van der Waals surface area contributed by atoms with Gasteiger partial charge in [0.15, 0.2) is 0 Å². The number of phenolic OH excluding ortho intramolecular Hbond substituents is 1. The van der Waals surface area contributed by atoms with E-state index in [1.54, 1.807) is 6.07 Å². The maximum Gasteiger partial charge on any atom is 0.219 e. The summed E-state index contributed by atoms with van der Waals surface area (Å²) in [6.07, 6.45) is 4.98. The standard InChI is InChI=1S/C25H26N2O2S/c1-25(2)13-5-10-21-19(15-25)26-24(30-21)17-7-3-8-18(14-17)29-22-12-11-16-6-4-9-20(28)23(16)27-22/h3-4,6-9,11-12,14,19,21,28H,5,10,13,15H2,1-2H3/t19-,21-/m0/s1. The van der Waals surface area contributed by atoms with Gasteiger partial charge in [-0.3, -0.25) is 4.99 Å². The molecule has 0 amide bonds. The molecule has 0 saturated heterocycles. The highest BCUT2D eigenvalue weighted by Crippen LogP contribution is 2.44. The molecule has 1 saturated carbocycles. The molecule has 1 N–H and O–H groups in total. The summed E-state index contributed by atoms with van der Waals surface area (Å²) < 4.78 is 6.03. The molecule has 0 radical (unpaired) electrons. The Balaban J connectivity index is 1.39. The number of para-hydroxylation sites is 1. The van der Waals surface area contributed by atoms with E-state index in [0.29, 0.717) is 28.1 Å². The number of rotatable bonds is 3. The molecule has 2 aliphatic rings. The van der Waals surface area contributed by atoms with Gasteiger partial charge in [0, 0.05) is 22.3 Å². The maximum absolute atomic E-state index is 10.1. The SMILES string of the molecule is CC1(C)CCC[C@@H]2SC(c3cccc(Oc4ccc5cccc(O)c5n4)c3)=N[C@H]2C1. The first-order valence-electron chi connectivity index (χ1n) is 10.6. The largest absolute Gasteiger partial charge is 0.506 e. The second-order valence-corrected chi connectivity index (χ2v) is 10.3. The van der Waals surface area contributed by atoms with Crippen LogP contribution in [0, 0.1) is 5.41 Å². The number of phenols is 1. The Bertz CT molecular complexity index is 1130. The van der Waals surface area contributed by atoms with E-state index in [9.17, 15) is 5.11 Å². The van der Waals surface area contributed by atoms with Crippen LogP contribution in [0.3, 0.4) is 0 Å². The average Bonchev–Trinajstić information content (AvgIpc) is 3.04. The van der Waals surface area contributed by atoms with Crippen molar-refractivity contribution in [1.29, 1.82) is 0 Å². The Hall–Kier alpha value is -2.53. The van der Waals surface area contributed by atoms with Gasteiger partial charge in [-0.2, -0.15) is 0 Å². The molecule has 0 spiro atoms. The minimum atomic E-state index is 0.157. The average molecular weight is 419 g/mol. The number of hydrogen-bond acceptors (Lipinski definition) is 5. The molecule has 5 heteroatoms. The summed E-state index contributed by atoms with van der Waals surface area (Å²) in [5.41, 5.74) is 2.02. The molecule has 1 aliphatic carbocycles. The van der Waals surface area contributed by atoms with Gasteiger partial charge in [-0.15, -0.1) is 11.8 Å². The molecule has 4 nitrogen and oxygen atoms in total. The summed E-state index contributed by atoms with van der Waals surface area (Å²) >= 11 is 1.93. The monoisotopic (exact) mass is 418 g/mol. The number of ether oxygens (including phenoxy) is 1. The molecule has 0 bridgehead atoms. The first kappa shape index (κ1) is 19.4. The number of pyridine rings is 1. The predicted octanol–water partition coefficient (Wildman–Crippen LogP) is 6.56. The third-order valence-corrected chi connectivity index (χ3v) is 7.47. The van der Waals surface area contributed by atoms with Crippen LogP contribution < -0.4 is 4.74 Å². The molecule has 5 rings (SSSR count). The molecule has 2 atom stereocenters. The lowest BCUT2D eigenvalue weighted by Gasteiger charge is -2.24. The summed E-state index contributed by atoms with van der Waals surface area (Å²) in [6, 6.07) is 17.6. The van der Waals surface area contributed by atoms with Gasteiger partial charge < -0.3 is 9.84 Å². The fraction of sp³-hybridized carbons (Fsp3) is 0.360. The van der Waals surface area contributed by atoms with Crippen molar-refractivity contribution in [1.82, 2.24) is 4.98 Å². The zero-order chi connectivity index (χ0) is 20.7. The van der Waals surface area contributed by atoms with Crippen LogP contribution in [-0.2, 0) is 0 Å². The second kappa shape index (κ2) is 7.62. The summed E-state index contributed by atoms with van der Waals surface area (Å²) in [6.45, 7) is 4.74. The zero-order valence-corrected chi connectivity index (χ0v) is 18.2. The van der Waals surface area contributed by atoms with Crippen LogP contribution >= 0.6 is 11.8 Å².